The summed E-state index contributed by atoms with van der Waals surface area (Å²) in [6, 6.07) is 0. The van der Waals surface area contributed by atoms with E-state index in [1.807, 2.05) is 0 Å². The van der Waals surface area contributed by atoms with E-state index in [2.05, 4.69) is 11.3 Å². The Balaban J connectivity index is 3.83. The standard InChI is InChI=1S/C7H10O4/c1-3-11-7(10)5(2)4-6(8)9/h2-4H2,1H3,(H,8,9). The number of esters is 1. The van der Waals surface area contributed by atoms with Gasteiger partial charge in [0.2, 0.25) is 0 Å². The molecule has 0 aromatic rings. The fourth-order valence-electron chi connectivity index (χ4n) is 0.488. The number of hydrogen-bond acceptors (Lipinski definition) is 3. The highest BCUT2D eigenvalue weighted by molar-refractivity contribution is 5.92. The Morgan fingerprint density at radius 2 is 2.09 bits per heavy atom. The van der Waals surface area contributed by atoms with Gasteiger partial charge in [0, 0.05) is 5.57 Å². The molecular formula is C7H10O4. The molecule has 0 aliphatic carbocycles. The van der Waals surface area contributed by atoms with Gasteiger partial charge in [0.25, 0.3) is 0 Å². The van der Waals surface area contributed by atoms with Crippen LogP contribution in [0.15, 0.2) is 12.2 Å². The number of hydrogen-bond donors (Lipinski definition) is 1. The van der Waals surface area contributed by atoms with E-state index in [-0.39, 0.29) is 18.6 Å². The zero-order valence-corrected chi connectivity index (χ0v) is 6.29. The van der Waals surface area contributed by atoms with Gasteiger partial charge in [-0.15, -0.1) is 0 Å². The summed E-state index contributed by atoms with van der Waals surface area (Å²) in [5, 5.41) is 8.23. The van der Waals surface area contributed by atoms with Crippen LogP contribution in [-0.4, -0.2) is 23.7 Å². The van der Waals surface area contributed by atoms with Crippen LogP contribution in [0.5, 0.6) is 0 Å². The van der Waals surface area contributed by atoms with E-state index in [9.17, 15) is 9.59 Å². The molecule has 0 spiro atoms. The number of aliphatic carboxylic acids is 1. The number of ether oxygens (including phenoxy) is 1. The molecule has 11 heavy (non-hydrogen) atoms. The first-order chi connectivity index (χ1) is 5.07. The van der Waals surface area contributed by atoms with Crippen LogP contribution >= 0.6 is 0 Å². The zero-order chi connectivity index (χ0) is 8.85. The van der Waals surface area contributed by atoms with E-state index >= 15 is 0 Å². The Morgan fingerprint density at radius 1 is 1.55 bits per heavy atom. The van der Waals surface area contributed by atoms with Crippen LogP contribution in [0.3, 0.4) is 0 Å². The summed E-state index contributed by atoms with van der Waals surface area (Å²) in [4.78, 5) is 20.7. The van der Waals surface area contributed by atoms with Crippen LogP contribution in [0, 0.1) is 0 Å². The van der Waals surface area contributed by atoms with Gasteiger partial charge in [-0.3, -0.25) is 4.79 Å². The molecule has 0 atom stereocenters. The van der Waals surface area contributed by atoms with Crippen molar-refractivity contribution >= 4 is 11.9 Å². The molecule has 4 heteroatoms. The lowest BCUT2D eigenvalue weighted by Gasteiger charge is -2.00. The summed E-state index contributed by atoms with van der Waals surface area (Å²) >= 11 is 0. The number of carboxylic acid groups (broad SMARTS) is 1. The maximum atomic E-state index is 10.7. The van der Waals surface area contributed by atoms with Crippen LogP contribution in [0.1, 0.15) is 13.3 Å². The molecule has 0 aliphatic heterocycles. The molecule has 0 fully saturated rings. The van der Waals surface area contributed by atoms with Crippen LogP contribution in [0.25, 0.3) is 0 Å². The molecule has 0 aliphatic rings. The second-order valence-corrected chi connectivity index (χ2v) is 1.89. The van der Waals surface area contributed by atoms with Gasteiger partial charge in [-0.2, -0.15) is 0 Å². The molecule has 0 saturated heterocycles. The summed E-state index contributed by atoms with van der Waals surface area (Å²) in [5.74, 6) is -1.72. The third-order valence-corrected chi connectivity index (χ3v) is 0.929. The minimum atomic E-state index is -1.08. The van der Waals surface area contributed by atoms with Crippen LogP contribution in [0.2, 0.25) is 0 Å². The third kappa shape index (κ3) is 4.13. The summed E-state index contributed by atoms with van der Waals surface area (Å²) < 4.78 is 4.50. The molecule has 0 rings (SSSR count). The van der Waals surface area contributed by atoms with Gasteiger partial charge in [0.15, 0.2) is 0 Å². The maximum absolute atomic E-state index is 10.7. The monoisotopic (exact) mass is 158 g/mol. The van der Waals surface area contributed by atoms with Crippen molar-refractivity contribution in [2.75, 3.05) is 6.61 Å². The third-order valence-electron chi connectivity index (χ3n) is 0.929. The minimum absolute atomic E-state index is 0.0284. The predicted octanol–water partition coefficient (Wildman–Crippen LogP) is 0.580. The highest BCUT2D eigenvalue weighted by Crippen LogP contribution is 2.00. The smallest absolute Gasteiger partial charge is 0.333 e. The topological polar surface area (TPSA) is 63.6 Å². The molecule has 0 aromatic carbocycles. The van der Waals surface area contributed by atoms with Crippen LogP contribution in [-0.2, 0) is 14.3 Å². The van der Waals surface area contributed by atoms with E-state index < -0.39 is 11.9 Å². The average Bonchev–Trinajstić information content (AvgIpc) is 1.86. The fourth-order valence-corrected chi connectivity index (χ4v) is 0.488. The average molecular weight is 158 g/mol. The van der Waals surface area contributed by atoms with Crippen molar-refractivity contribution in [2.45, 2.75) is 13.3 Å². The normalized spacial score (nSPS) is 8.82. The molecule has 4 nitrogen and oxygen atoms in total. The summed E-state index contributed by atoms with van der Waals surface area (Å²) in [6.07, 6.45) is -0.362. The van der Waals surface area contributed by atoms with Gasteiger partial charge in [-0.1, -0.05) is 6.58 Å². The van der Waals surface area contributed by atoms with Crippen molar-refractivity contribution in [1.82, 2.24) is 0 Å². The molecule has 0 saturated carbocycles. The van der Waals surface area contributed by atoms with Crippen molar-refractivity contribution in [1.29, 1.82) is 0 Å². The molecule has 62 valence electrons. The molecule has 0 amide bonds. The first kappa shape index (κ1) is 9.68. The van der Waals surface area contributed by atoms with Gasteiger partial charge >= 0.3 is 11.9 Å². The minimum Gasteiger partial charge on any atom is -0.481 e. The molecule has 0 unspecified atom stereocenters. The maximum Gasteiger partial charge on any atom is 0.333 e. The highest BCUT2D eigenvalue weighted by Gasteiger charge is 2.10. The van der Waals surface area contributed by atoms with Crippen molar-refractivity contribution in [3.8, 4) is 0 Å². The van der Waals surface area contributed by atoms with Crippen LogP contribution < -0.4 is 0 Å². The summed E-state index contributed by atoms with van der Waals surface area (Å²) in [6.45, 7) is 5.14. The second-order valence-electron chi connectivity index (χ2n) is 1.89. The highest BCUT2D eigenvalue weighted by atomic mass is 16.5. The SMILES string of the molecule is C=C(CC(=O)O)C(=O)OCC. The number of carboxylic acids is 1. The van der Waals surface area contributed by atoms with Crippen molar-refractivity contribution in [3.63, 3.8) is 0 Å². The lowest BCUT2D eigenvalue weighted by molar-refractivity contribution is -0.142. The van der Waals surface area contributed by atoms with E-state index in [1.165, 1.54) is 0 Å². The van der Waals surface area contributed by atoms with E-state index in [1.54, 1.807) is 6.92 Å². The first-order valence-corrected chi connectivity index (χ1v) is 3.14. The Labute approximate surface area is 64.5 Å². The Hall–Kier alpha value is -1.32. The number of carbonyl (C=O) groups excluding carboxylic acids is 1. The first-order valence-electron chi connectivity index (χ1n) is 3.14. The van der Waals surface area contributed by atoms with Crippen molar-refractivity contribution in [2.24, 2.45) is 0 Å². The van der Waals surface area contributed by atoms with Crippen molar-refractivity contribution in [3.05, 3.63) is 12.2 Å². The Bertz CT molecular complexity index is 183. The Morgan fingerprint density at radius 3 is 2.45 bits per heavy atom. The fraction of sp³-hybridized carbons (Fsp3) is 0.429. The lowest BCUT2D eigenvalue weighted by Crippen LogP contribution is -2.10. The Kier molecular flexibility index (Phi) is 3.95. The van der Waals surface area contributed by atoms with Gasteiger partial charge in [-0.05, 0) is 6.92 Å². The molecule has 1 N–H and O–H groups in total. The predicted molar refractivity (Wildman–Crippen MR) is 38.0 cm³/mol. The summed E-state index contributed by atoms with van der Waals surface area (Å²) in [7, 11) is 0. The van der Waals surface area contributed by atoms with Gasteiger partial charge in [0.1, 0.15) is 0 Å². The van der Waals surface area contributed by atoms with E-state index in [0.717, 1.165) is 0 Å². The van der Waals surface area contributed by atoms with Gasteiger partial charge in [0.05, 0.1) is 13.0 Å². The molecule has 0 radical (unpaired) electrons. The molecule has 0 bridgehead atoms. The molecule has 0 heterocycles. The zero-order valence-electron chi connectivity index (χ0n) is 6.29. The van der Waals surface area contributed by atoms with Crippen LogP contribution in [0.4, 0.5) is 0 Å². The largest absolute Gasteiger partial charge is 0.481 e. The van der Waals surface area contributed by atoms with Gasteiger partial charge < -0.3 is 9.84 Å². The molecule has 0 aromatic heterocycles. The lowest BCUT2D eigenvalue weighted by atomic mass is 10.2. The number of carbonyl (C=O) groups is 2. The van der Waals surface area contributed by atoms with Gasteiger partial charge in [-0.25, -0.2) is 4.79 Å². The quantitative estimate of drug-likeness (QED) is 0.480. The van der Waals surface area contributed by atoms with E-state index in [4.69, 9.17) is 5.11 Å². The number of rotatable bonds is 4. The van der Waals surface area contributed by atoms with Crippen molar-refractivity contribution < 1.29 is 19.4 Å². The van der Waals surface area contributed by atoms with E-state index in [0.29, 0.717) is 0 Å². The second kappa shape index (κ2) is 4.49. The molecular weight excluding hydrogens is 148 g/mol. The summed E-state index contributed by atoms with van der Waals surface area (Å²) in [5.41, 5.74) is -0.0284.